The van der Waals surface area contributed by atoms with Crippen molar-refractivity contribution in [2.75, 3.05) is 13.1 Å². The van der Waals surface area contributed by atoms with Crippen molar-refractivity contribution in [2.45, 2.75) is 31.7 Å². The predicted octanol–water partition coefficient (Wildman–Crippen LogP) is 1.02. The van der Waals surface area contributed by atoms with Gasteiger partial charge in [-0.2, -0.15) is 0 Å². The van der Waals surface area contributed by atoms with Crippen molar-refractivity contribution in [3.8, 4) is 0 Å². The fraction of sp³-hybridized carbons (Fsp3) is 0.500. The SMILES string of the molecule is c1cc(CN2CC[C@@H]3OCc4cnnn4[C@H]3C2)ccn1. The highest BCUT2D eigenvalue weighted by atomic mass is 16.5. The fourth-order valence-corrected chi connectivity index (χ4v) is 3.13. The standard InChI is InChI=1S/C14H17N5O/c1-4-15-5-2-11(1)8-18-6-3-14-13(9-18)19-12(10-20-14)7-16-17-19/h1-2,4-5,7,13-14H,3,6,8-10H2/t13-,14-/m0/s1. The smallest absolute Gasteiger partial charge is 0.0930 e. The maximum absolute atomic E-state index is 5.93. The van der Waals surface area contributed by atoms with Crippen LogP contribution in [-0.2, 0) is 17.9 Å². The first-order valence-corrected chi connectivity index (χ1v) is 7.02. The van der Waals surface area contributed by atoms with Crippen LogP contribution in [-0.4, -0.2) is 44.1 Å². The summed E-state index contributed by atoms with van der Waals surface area (Å²) in [6.07, 6.45) is 6.83. The van der Waals surface area contributed by atoms with Gasteiger partial charge in [-0.05, 0) is 24.1 Å². The molecule has 6 heteroatoms. The van der Waals surface area contributed by atoms with E-state index in [9.17, 15) is 0 Å². The Kier molecular flexibility index (Phi) is 2.97. The third-order valence-electron chi connectivity index (χ3n) is 4.17. The van der Waals surface area contributed by atoms with Gasteiger partial charge in [-0.25, -0.2) is 4.68 Å². The van der Waals surface area contributed by atoms with Gasteiger partial charge in [0.1, 0.15) is 0 Å². The molecule has 0 unspecified atom stereocenters. The van der Waals surface area contributed by atoms with E-state index in [-0.39, 0.29) is 12.1 Å². The summed E-state index contributed by atoms with van der Waals surface area (Å²) in [7, 11) is 0. The van der Waals surface area contributed by atoms with Gasteiger partial charge in [0.25, 0.3) is 0 Å². The first kappa shape index (κ1) is 12.0. The van der Waals surface area contributed by atoms with E-state index in [1.165, 1.54) is 5.56 Å². The highest BCUT2D eigenvalue weighted by molar-refractivity contribution is 5.10. The number of hydrogen-bond donors (Lipinski definition) is 0. The highest BCUT2D eigenvalue weighted by Crippen LogP contribution is 2.30. The van der Waals surface area contributed by atoms with Crippen molar-refractivity contribution >= 4 is 0 Å². The summed E-state index contributed by atoms with van der Waals surface area (Å²) < 4.78 is 7.98. The molecule has 6 nitrogen and oxygen atoms in total. The maximum Gasteiger partial charge on any atom is 0.0930 e. The molecule has 0 spiro atoms. The molecule has 2 aromatic heterocycles. The van der Waals surface area contributed by atoms with Gasteiger partial charge in [-0.3, -0.25) is 9.88 Å². The lowest BCUT2D eigenvalue weighted by molar-refractivity contribution is -0.0669. The van der Waals surface area contributed by atoms with Gasteiger partial charge in [0.2, 0.25) is 0 Å². The number of rotatable bonds is 2. The van der Waals surface area contributed by atoms with Crippen LogP contribution in [0.1, 0.15) is 23.7 Å². The number of nitrogens with zero attached hydrogens (tertiary/aromatic N) is 5. The number of pyridine rings is 1. The molecular formula is C14H17N5O. The summed E-state index contributed by atoms with van der Waals surface area (Å²) in [5.74, 6) is 0. The molecule has 4 heterocycles. The van der Waals surface area contributed by atoms with Gasteiger partial charge in [0, 0.05) is 32.0 Å². The molecule has 1 saturated heterocycles. The molecule has 0 aliphatic carbocycles. The number of ether oxygens (including phenoxy) is 1. The van der Waals surface area contributed by atoms with Crippen LogP contribution in [0.5, 0.6) is 0 Å². The Morgan fingerprint density at radius 2 is 2.20 bits per heavy atom. The first-order chi connectivity index (χ1) is 9.90. The van der Waals surface area contributed by atoms with Crippen LogP contribution in [0.3, 0.4) is 0 Å². The molecular weight excluding hydrogens is 254 g/mol. The van der Waals surface area contributed by atoms with E-state index in [1.54, 1.807) is 6.20 Å². The predicted molar refractivity (Wildman–Crippen MR) is 71.8 cm³/mol. The first-order valence-electron chi connectivity index (χ1n) is 7.02. The van der Waals surface area contributed by atoms with Crippen molar-refractivity contribution in [3.05, 3.63) is 42.0 Å². The molecule has 104 valence electrons. The molecule has 2 atom stereocenters. The minimum atomic E-state index is 0.276. The summed E-state index contributed by atoms with van der Waals surface area (Å²) in [4.78, 5) is 6.52. The molecule has 2 aliphatic rings. The van der Waals surface area contributed by atoms with E-state index in [0.717, 1.165) is 31.7 Å². The quantitative estimate of drug-likeness (QED) is 0.816. The average molecular weight is 271 g/mol. The second-order valence-electron chi connectivity index (χ2n) is 5.47. The Morgan fingerprint density at radius 3 is 3.10 bits per heavy atom. The van der Waals surface area contributed by atoms with Gasteiger partial charge < -0.3 is 4.74 Å². The van der Waals surface area contributed by atoms with E-state index >= 15 is 0 Å². The Balaban J connectivity index is 1.51. The summed E-state index contributed by atoms with van der Waals surface area (Å²) in [6.45, 7) is 3.62. The van der Waals surface area contributed by atoms with Gasteiger partial charge in [-0.15, -0.1) is 5.10 Å². The second-order valence-corrected chi connectivity index (χ2v) is 5.47. The van der Waals surface area contributed by atoms with Crippen molar-refractivity contribution in [1.82, 2.24) is 24.9 Å². The van der Waals surface area contributed by atoms with Crippen LogP contribution < -0.4 is 0 Å². The lowest BCUT2D eigenvalue weighted by Gasteiger charge is -2.41. The van der Waals surface area contributed by atoms with Crippen molar-refractivity contribution < 1.29 is 4.74 Å². The molecule has 0 saturated carbocycles. The third kappa shape index (κ3) is 2.10. The molecule has 2 aromatic rings. The van der Waals surface area contributed by atoms with Crippen LogP contribution in [0.2, 0.25) is 0 Å². The summed E-state index contributed by atoms with van der Waals surface area (Å²) in [5, 5.41) is 8.24. The minimum absolute atomic E-state index is 0.276. The maximum atomic E-state index is 5.93. The highest BCUT2D eigenvalue weighted by Gasteiger charge is 2.36. The lowest BCUT2D eigenvalue weighted by atomic mass is 10.00. The molecule has 0 radical (unpaired) electrons. The largest absolute Gasteiger partial charge is 0.370 e. The van der Waals surface area contributed by atoms with Crippen molar-refractivity contribution in [3.63, 3.8) is 0 Å². The number of likely N-dealkylation sites (tertiary alicyclic amines) is 1. The average Bonchev–Trinajstić information content (AvgIpc) is 2.97. The fourth-order valence-electron chi connectivity index (χ4n) is 3.13. The summed E-state index contributed by atoms with van der Waals surface area (Å²) in [6, 6.07) is 4.44. The Morgan fingerprint density at radius 1 is 1.30 bits per heavy atom. The lowest BCUT2D eigenvalue weighted by Crippen LogP contribution is -2.47. The van der Waals surface area contributed by atoms with Crippen LogP contribution in [0.25, 0.3) is 0 Å². The molecule has 0 bridgehead atoms. The third-order valence-corrected chi connectivity index (χ3v) is 4.17. The zero-order valence-corrected chi connectivity index (χ0v) is 11.2. The zero-order valence-electron chi connectivity index (χ0n) is 11.2. The monoisotopic (exact) mass is 271 g/mol. The topological polar surface area (TPSA) is 56.1 Å². The number of hydrogen-bond acceptors (Lipinski definition) is 5. The Bertz CT molecular complexity index is 584. The number of aromatic nitrogens is 4. The van der Waals surface area contributed by atoms with E-state index in [0.29, 0.717) is 6.61 Å². The van der Waals surface area contributed by atoms with E-state index < -0.39 is 0 Å². The van der Waals surface area contributed by atoms with Crippen LogP contribution >= 0.6 is 0 Å². The Hall–Kier alpha value is -1.79. The van der Waals surface area contributed by atoms with E-state index in [1.807, 2.05) is 17.1 Å². The van der Waals surface area contributed by atoms with Gasteiger partial charge in [0.05, 0.1) is 30.6 Å². The Labute approximate surface area is 117 Å². The molecule has 4 rings (SSSR count). The van der Waals surface area contributed by atoms with Crippen LogP contribution in [0.15, 0.2) is 30.7 Å². The minimum Gasteiger partial charge on any atom is -0.370 e. The normalized spacial score (nSPS) is 26.0. The second kappa shape index (κ2) is 4.96. The van der Waals surface area contributed by atoms with Gasteiger partial charge in [0.15, 0.2) is 0 Å². The van der Waals surface area contributed by atoms with Crippen LogP contribution in [0.4, 0.5) is 0 Å². The van der Waals surface area contributed by atoms with Crippen molar-refractivity contribution in [1.29, 1.82) is 0 Å². The number of fused-ring (bicyclic) bond motifs is 3. The van der Waals surface area contributed by atoms with Crippen LogP contribution in [0, 0.1) is 0 Å². The molecule has 2 aliphatic heterocycles. The number of piperidine rings is 1. The molecule has 0 aromatic carbocycles. The molecule has 0 amide bonds. The molecule has 0 N–H and O–H groups in total. The molecule has 20 heavy (non-hydrogen) atoms. The van der Waals surface area contributed by atoms with E-state index in [4.69, 9.17) is 4.74 Å². The van der Waals surface area contributed by atoms with Crippen molar-refractivity contribution in [2.24, 2.45) is 0 Å². The van der Waals surface area contributed by atoms with Gasteiger partial charge >= 0.3 is 0 Å². The zero-order chi connectivity index (χ0) is 13.4. The summed E-state index contributed by atoms with van der Waals surface area (Å²) >= 11 is 0. The molecule has 1 fully saturated rings. The van der Waals surface area contributed by atoms with Gasteiger partial charge in [-0.1, -0.05) is 5.21 Å². The van der Waals surface area contributed by atoms with E-state index in [2.05, 4.69) is 32.3 Å². The summed E-state index contributed by atoms with van der Waals surface area (Å²) in [5.41, 5.74) is 2.38.